The Labute approximate surface area is 147 Å². The monoisotopic (exact) mass is 363 g/mol. The van der Waals surface area contributed by atoms with Crippen molar-refractivity contribution in [2.24, 2.45) is 0 Å². The van der Waals surface area contributed by atoms with E-state index in [4.69, 9.17) is 4.42 Å². The Morgan fingerprint density at radius 3 is 2.52 bits per heavy atom. The van der Waals surface area contributed by atoms with Gasteiger partial charge in [0.2, 0.25) is 10.0 Å². The lowest BCUT2D eigenvalue weighted by Gasteiger charge is -2.15. The maximum Gasteiger partial charge on any atom is 0.251 e. The van der Waals surface area contributed by atoms with Crippen LogP contribution in [-0.2, 0) is 16.4 Å². The molecule has 1 aliphatic rings. The summed E-state index contributed by atoms with van der Waals surface area (Å²) in [6, 6.07) is 6.04. The molecular weight excluding hydrogens is 342 g/mol. The number of aryl methyl sites for hydroxylation is 1. The third kappa shape index (κ3) is 4.08. The van der Waals surface area contributed by atoms with E-state index in [2.05, 4.69) is 10.3 Å². The summed E-state index contributed by atoms with van der Waals surface area (Å²) in [5, 5.41) is 2.77. The molecule has 2 aromatic rings. The Kier molecular flexibility index (Phi) is 5.19. The highest BCUT2D eigenvalue weighted by atomic mass is 32.2. The SMILES string of the molecule is Cc1cnc(CCNC(=O)c2ccc(S(=O)(=O)N3CCCC3)cc2)o1. The van der Waals surface area contributed by atoms with Crippen molar-refractivity contribution in [2.45, 2.75) is 31.1 Å². The van der Waals surface area contributed by atoms with E-state index in [9.17, 15) is 13.2 Å². The van der Waals surface area contributed by atoms with E-state index in [0.29, 0.717) is 37.5 Å². The molecule has 8 heteroatoms. The summed E-state index contributed by atoms with van der Waals surface area (Å²) in [5.74, 6) is 1.05. The third-order valence-electron chi connectivity index (χ3n) is 4.11. The minimum Gasteiger partial charge on any atom is -0.446 e. The Balaban J connectivity index is 1.58. The Morgan fingerprint density at radius 2 is 1.92 bits per heavy atom. The fourth-order valence-corrected chi connectivity index (χ4v) is 4.27. The number of oxazole rings is 1. The number of benzene rings is 1. The standard InChI is InChI=1S/C17H21N3O4S/c1-13-12-19-16(24-13)8-9-18-17(21)14-4-6-15(7-5-14)25(22,23)20-10-2-3-11-20/h4-7,12H,2-3,8-11H2,1H3,(H,18,21). The van der Waals surface area contributed by atoms with E-state index in [-0.39, 0.29) is 10.8 Å². The van der Waals surface area contributed by atoms with Crippen LogP contribution < -0.4 is 5.32 Å². The molecule has 0 bridgehead atoms. The zero-order valence-corrected chi connectivity index (χ0v) is 14.9. The first-order valence-electron chi connectivity index (χ1n) is 8.26. The lowest BCUT2D eigenvalue weighted by atomic mass is 10.2. The van der Waals surface area contributed by atoms with Gasteiger partial charge in [0.05, 0.1) is 11.1 Å². The molecule has 0 atom stereocenters. The average Bonchev–Trinajstić information content (AvgIpc) is 3.27. The van der Waals surface area contributed by atoms with Crippen LogP contribution in [-0.4, -0.2) is 43.2 Å². The van der Waals surface area contributed by atoms with Gasteiger partial charge in [-0.25, -0.2) is 13.4 Å². The Morgan fingerprint density at radius 1 is 1.24 bits per heavy atom. The number of sulfonamides is 1. The van der Waals surface area contributed by atoms with E-state index in [1.54, 1.807) is 6.20 Å². The van der Waals surface area contributed by atoms with Crippen molar-refractivity contribution in [3.05, 3.63) is 47.7 Å². The summed E-state index contributed by atoms with van der Waals surface area (Å²) in [7, 11) is -3.45. The second-order valence-electron chi connectivity index (χ2n) is 6.01. The predicted octanol–water partition coefficient (Wildman–Crippen LogP) is 1.74. The van der Waals surface area contributed by atoms with E-state index in [1.807, 2.05) is 6.92 Å². The van der Waals surface area contributed by atoms with Crippen LogP contribution in [0.15, 0.2) is 39.8 Å². The molecule has 1 N–H and O–H groups in total. The van der Waals surface area contributed by atoms with Crippen molar-refractivity contribution in [2.75, 3.05) is 19.6 Å². The molecule has 134 valence electrons. The predicted molar refractivity (Wildman–Crippen MR) is 91.7 cm³/mol. The second kappa shape index (κ2) is 7.37. The molecule has 25 heavy (non-hydrogen) atoms. The second-order valence-corrected chi connectivity index (χ2v) is 7.94. The van der Waals surface area contributed by atoms with Gasteiger partial charge in [0, 0.05) is 31.6 Å². The first kappa shape index (κ1) is 17.6. The summed E-state index contributed by atoms with van der Waals surface area (Å²) < 4.78 is 31.7. The highest BCUT2D eigenvalue weighted by Gasteiger charge is 2.27. The highest BCUT2D eigenvalue weighted by molar-refractivity contribution is 7.89. The number of aromatic nitrogens is 1. The fraction of sp³-hybridized carbons (Fsp3) is 0.412. The molecule has 1 aliphatic heterocycles. The van der Waals surface area contributed by atoms with Gasteiger partial charge in [-0.15, -0.1) is 0 Å². The lowest BCUT2D eigenvalue weighted by molar-refractivity contribution is 0.0953. The van der Waals surface area contributed by atoms with Crippen LogP contribution in [0.5, 0.6) is 0 Å². The molecule has 0 saturated carbocycles. The summed E-state index contributed by atoms with van der Waals surface area (Å²) in [5.41, 5.74) is 0.420. The maximum absolute atomic E-state index is 12.5. The number of rotatable bonds is 6. The number of nitrogens with zero attached hydrogens (tertiary/aromatic N) is 2. The number of carbonyl (C=O) groups excluding carboxylic acids is 1. The van der Waals surface area contributed by atoms with Gasteiger partial charge in [0.1, 0.15) is 5.76 Å². The molecule has 3 rings (SSSR count). The molecule has 1 aromatic heterocycles. The maximum atomic E-state index is 12.5. The molecule has 1 saturated heterocycles. The lowest BCUT2D eigenvalue weighted by Crippen LogP contribution is -2.28. The average molecular weight is 363 g/mol. The molecule has 0 radical (unpaired) electrons. The number of hydrogen-bond donors (Lipinski definition) is 1. The number of nitrogens with one attached hydrogen (secondary N) is 1. The van der Waals surface area contributed by atoms with Crippen LogP contribution in [0.3, 0.4) is 0 Å². The van der Waals surface area contributed by atoms with E-state index in [1.165, 1.54) is 28.6 Å². The Hall–Kier alpha value is -2.19. The molecular formula is C17H21N3O4S. The van der Waals surface area contributed by atoms with Crippen molar-refractivity contribution in [1.29, 1.82) is 0 Å². The summed E-state index contributed by atoms with van der Waals surface area (Å²) in [6.07, 6.45) is 3.92. The first-order chi connectivity index (χ1) is 12.0. The highest BCUT2D eigenvalue weighted by Crippen LogP contribution is 2.21. The third-order valence-corrected chi connectivity index (χ3v) is 6.03. The number of carbonyl (C=O) groups is 1. The van der Waals surface area contributed by atoms with Gasteiger partial charge in [-0.2, -0.15) is 4.31 Å². The quantitative estimate of drug-likeness (QED) is 0.844. The van der Waals surface area contributed by atoms with Crippen LogP contribution in [0.25, 0.3) is 0 Å². The molecule has 7 nitrogen and oxygen atoms in total. The molecule has 1 aromatic carbocycles. The van der Waals surface area contributed by atoms with Crippen molar-refractivity contribution in [3.8, 4) is 0 Å². The van der Waals surface area contributed by atoms with Crippen LogP contribution in [0.1, 0.15) is 34.9 Å². The smallest absolute Gasteiger partial charge is 0.251 e. The van der Waals surface area contributed by atoms with Gasteiger partial charge in [-0.3, -0.25) is 4.79 Å². The summed E-state index contributed by atoms with van der Waals surface area (Å²) in [4.78, 5) is 16.4. The van der Waals surface area contributed by atoms with Gasteiger partial charge in [-0.05, 0) is 44.0 Å². The van der Waals surface area contributed by atoms with Crippen LogP contribution in [0.4, 0.5) is 0 Å². The first-order valence-corrected chi connectivity index (χ1v) is 9.70. The van der Waals surface area contributed by atoms with Gasteiger partial charge < -0.3 is 9.73 Å². The van der Waals surface area contributed by atoms with Crippen molar-refractivity contribution < 1.29 is 17.6 Å². The fourth-order valence-electron chi connectivity index (χ4n) is 2.76. The molecule has 1 amide bonds. The van der Waals surface area contributed by atoms with Gasteiger partial charge in [0.15, 0.2) is 5.89 Å². The van der Waals surface area contributed by atoms with E-state index in [0.717, 1.165) is 18.6 Å². The minimum absolute atomic E-state index is 0.223. The Bertz CT molecular complexity index is 837. The normalized spacial score (nSPS) is 15.4. The summed E-state index contributed by atoms with van der Waals surface area (Å²) >= 11 is 0. The van der Waals surface area contributed by atoms with Crippen LogP contribution >= 0.6 is 0 Å². The van der Waals surface area contributed by atoms with Crippen LogP contribution in [0, 0.1) is 6.92 Å². The molecule has 0 spiro atoms. The van der Waals surface area contributed by atoms with E-state index < -0.39 is 10.0 Å². The molecule has 0 aliphatic carbocycles. The van der Waals surface area contributed by atoms with Gasteiger partial charge in [-0.1, -0.05) is 0 Å². The van der Waals surface area contributed by atoms with Crippen LogP contribution in [0.2, 0.25) is 0 Å². The number of amides is 1. The van der Waals surface area contributed by atoms with E-state index >= 15 is 0 Å². The molecule has 2 heterocycles. The van der Waals surface area contributed by atoms with Crippen molar-refractivity contribution in [3.63, 3.8) is 0 Å². The van der Waals surface area contributed by atoms with Crippen molar-refractivity contribution in [1.82, 2.24) is 14.6 Å². The largest absolute Gasteiger partial charge is 0.446 e. The summed E-state index contributed by atoms with van der Waals surface area (Å²) in [6.45, 7) is 3.33. The minimum atomic E-state index is -3.45. The molecule has 1 fully saturated rings. The van der Waals surface area contributed by atoms with Gasteiger partial charge in [0.25, 0.3) is 5.91 Å². The zero-order chi connectivity index (χ0) is 17.9. The van der Waals surface area contributed by atoms with Crippen molar-refractivity contribution >= 4 is 15.9 Å². The zero-order valence-electron chi connectivity index (χ0n) is 14.1. The topological polar surface area (TPSA) is 92.5 Å². The molecule has 0 unspecified atom stereocenters. The van der Waals surface area contributed by atoms with Gasteiger partial charge >= 0.3 is 0 Å². The number of hydrogen-bond acceptors (Lipinski definition) is 5.